The average Bonchev–Trinajstić information content (AvgIpc) is 2.73. The summed E-state index contributed by atoms with van der Waals surface area (Å²) < 4.78 is 5.87. The molecule has 148 valence electrons. The highest BCUT2D eigenvalue weighted by molar-refractivity contribution is 6.31. The number of rotatable bonds is 8. The zero-order chi connectivity index (χ0) is 20.5. The van der Waals surface area contributed by atoms with Crippen molar-refractivity contribution in [2.75, 3.05) is 11.9 Å². The van der Waals surface area contributed by atoms with Gasteiger partial charge in [0, 0.05) is 26.9 Å². The molecule has 0 unspecified atom stereocenters. The first kappa shape index (κ1) is 20.7. The number of carbonyl (C=O) groups excluding carboxylic acids is 1. The molecule has 0 bridgehead atoms. The molecule has 3 rings (SSSR count). The number of carbonyl (C=O) groups is 1. The molecule has 3 aromatic carbocycles. The molecule has 5 nitrogen and oxygen atoms in total. The van der Waals surface area contributed by atoms with Crippen LogP contribution in [0.3, 0.4) is 0 Å². The van der Waals surface area contributed by atoms with Gasteiger partial charge in [0.2, 0.25) is 0 Å². The summed E-state index contributed by atoms with van der Waals surface area (Å²) in [6.07, 6.45) is 1.54. The predicted octanol–water partition coefficient (Wildman–Crippen LogP) is 5.13. The van der Waals surface area contributed by atoms with Gasteiger partial charge in [-0.15, -0.1) is 0 Å². The van der Waals surface area contributed by atoms with Gasteiger partial charge in [0.1, 0.15) is 12.4 Å². The van der Waals surface area contributed by atoms with E-state index in [1.54, 1.807) is 30.5 Å². The number of hydrogen-bond acceptors (Lipinski definition) is 4. The Bertz CT molecular complexity index is 991. The number of hydrazone groups is 1. The van der Waals surface area contributed by atoms with E-state index in [0.717, 1.165) is 16.8 Å². The van der Waals surface area contributed by atoms with Gasteiger partial charge < -0.3 is 10.1 Å². The van der Waals surface area contributed by atoms with Crippen LogP contribution in [0.1, 0.15) is 11.1 Å². The SMILES string of the molecule is O=C(CNc1ccc(Cl)cc1)N/N=C\c1ccccc1OCc1ccccc1Cl. The van der Waals surface area contributed by atoms with Crippen molar-refractivity contribution >= 4 is 41.0 Å². The van der Waals surface area contributed by atoms with Gasteiger partial charge >= 0.3 is 0 Å². The second kappa shape index (κ2) is 10.5. The van der Waals surface area contributed by atoms with E-state index in [4.69, 9.17) is 27.9 Å². The number of hydrogen-bond donors (Lipinski definition) is 2. The summed E-state index contributed by atoms with van der Waals surface area (Å²) in [6, 6.07) is 22.0. The third-order valence-electron chi connectivity index (χ3n) is 3.95. The van der Waals surface area contributed by atoms with Crippen molar-refractivity contribution in [1.82, 2.24) is 5.43 Å². The third-order valence-corrected chi connectivity index (χ3v) is 4.57. The Labute approximate surface area is 179 Å². The normalized spacial score (nSPS) is 10.7. The van der Waals surface area contributed by atoms with Gasteiger partial charge in [-0.25, -0.2) is 5.43 Å². The van der Waals surface area contributed by atoms with E-state index in [0.29, 0.717) is 22.4 Å². The molecule has 0 radical (unpaired) electrons. The fourth-order valence-electron chi connectivity index (χ4n) is 2.45. The Morgan fingerprint density at radius 3 is 2.48 bits per heavy atom. The van der Waals surface area contributed by atoms with Crippen LogP contribution in [-0.4, -0.2) is 18.7 Å². The summed E-state index contributed by atoms with van der Waals surface area (Å²) in [6.45, 7) is 0.422. The van der Waals surface area contributed by atoms with E-state index >= 15 is 0 Å². The molecular formula is C22H19Cl2N3O2. The Kier molecular flexibility index (Phi) is 7.50. The molecule has 0 fully saturated rings. The molecule has 0 atom stereocenters. The minimum atomic E-state index is -0.273. The summed E-state index contributed by atoms with van der Waals surface area (Å²) >= 11 is 12.0. The van der Waals surface area contributed by atoms with Gasteiger partial charge in [0.05, 0.1) is 12.8 Å². The highest BCUT2D eigenvalue weighted by atomic mass is 35.5. The average molecular weight is 428 g/mol. The van der Waals surface area contributed by atoms with E-state index in [9.17, 15) is 4.79 Å². The molecule has 0 heterocycles. The lowest BCUT2D eigenvalue weighted by molar-refractivity contribution is -0.119. The van der Waals surface area contributed by atoms with Crippen LogP contribution < -0.4 is 15.5 Å². The van der Waals surface area contributed by atoms with Gasteiger partial charge in [-0.05, 0) is 42.5 Å². The van der Waals surface area contributed by atoms with Crippen LogP contribution >= 0.6 is 23.2 Å². The Hall–Kier alpha value is -3.02. The first-order valence-corrected chi connectivity index (χ1v) is 9.64. The summed E-state index contributed by atoms with van der Waals surface area (Å²) in [4.78, 5) is 11.9. The van der Waals surface area contributed by atoms with Crippen LogP contribution in [0.5, 0.6) is 5.75 Å². The first-order valence-electron chi connectivity index (χ1n) is 8.88. The molecule has 2 N–H and O–H groups in total. The van der Waals surface area contributed by atoms with Crippen molar-refractivity contribution in [1.29, 1.82) is 0 Å². The number of halogens is 2. The molecule has 7 heteroatoms. The molecule has 0 aliphatic heterocycles. The molecule has 1 amide bonds. The van der Waals surface area contributed by atoms with Gasteiger partial charge in [0.15, 0.2) is 0 Å². The van der Waals surface area contributed by atoms with Crippen molar-refractivity contribution in [3.8, 4) is 5.75 Å². The van der Waals surface area contributed by atoms with Crippen LogP contribution in [0.2, 0.25) is 10.0 Å². The molecule has 0 spiro atoms. The van der Waals surface area contributed by atoms with Crippen molar-refractivity contribution < 1.29 is 9.53 Å². The van der Waals surface area contributed by atoms with Crippen molar-refractivity contribution in [3.63, 3.8) is 0 Å². The number of nitrogens with zero attached hydrogens (tertiary/aromatic N) is 1. The first-order chi connectivity index (χ1) is 14.1. The van der Waals surface area contributed by atoms with Gasteiger partial charge in [-0.1, -0.05) is 53.5 Å². The van der Waals surface area contributed by atoms with Crippen molar-refractivity contribution in [2.24, 2.45) is 5.10 Å². The van der Waals surface area contributed by atoms with Crippen LogP contribution in [0.4, 0.5) is 5.69 Å². The maximum Gasteiger partial charge on any atom is 0.259 e. The topological polar surface area (TPSA) is 62.7 Å². The zero-order valence-electron chi connectivity index (χ0n) is 15.4. The predicted molar refractivity (Wildman–Crippen MR) is 118 cm³/mol. The maximum atomic E-state index is 11.9. The Balaban J connectivity index is 1.53. The lowest BCUT2D eigenvalue weighted by Crippen LogP contribution is -2.25. The van der Waals surface area contributed by atoms with E-state index in [-0.39, 0.29) is 12.5 Å². The fraction of sp³-hybridized carbons (Fsp3) is 0.0909. The molecule has 0 saturated carbocycles. The van der Waals surface area contributed by atoms with Gasteiger partial charge in [0.25, 0.3) is 5.91 Å². The van der Waals surface area contributed by atoms with Gasteiger partial charge in [-0.2, -0.15) is 5.10 Å². The minimum Gasteiger partial charge on any atom is -0.488 e. The van der Waals surface area contributed by atoms with E-state index in [1.807, 2.05) is 48.5 Å². The minimum absolute atomic E-state index is 0.0869. The second-order valence-corrected chi connectivity index (χ2v) is 6.92. The summed E-state index contributed by atoms with van der Waals surface area (Å²) in [5, 5.41) is 8.29. The lowest BCUT2D eigenvalue weighted by Gasteiger charge is -2.10. The molecule has 0 saturated heterocycles. The number of ether oxygens (including phenoxy) is 1. The number of anilines is 1. The summed E-state index contributed by atoms with van der Waals surface area (Å²) in [7, 11) is 0. The van der Waals surface area contributed by atoms with Crippen LogP contribution in [0.25, 0.3) is 0 Å². The van der Waals surface area contributed by atoms with Crippen LogP contribution in [0, 0.1) is 0 Å². The van der Waals surface area contributed by atoms with Crippen molar-refractivity contribution in [3.05, 3.63) is 94.0 Å². The summed E-state index contributed by atoms with van der Waals surface area (Å²) in [5.74, 6) is 0.371. The lowest BCUT2D eigenvalue weighted by atomic mass is 10.2. The van der Waals surface area contributed by atoms with Crippen molar-refractivity contribution in [2.45, 2.75) is 6.61 Å². The van der Waals surface area contributed by atoms with E-state index in [1.165, 1.54) is 0 Å². The maximum absolute atomic E-state index is 11.9. The number of benzene rings is 3. The number of para-hydroxylation sites is 1. The number of amides is 1. The highest BCUT2D eigenvalue weighted by Crippen LogP contribution is 2.21. The number of nitrogens with one attached hydrogen (secondary N) is 2. The van der Waals surface area contributed by atoms with Crippen LogP contribution in [-0.2, 0) is 11.4 Å². The van der Waals surface area contributed by atoms with Gasteiger partial charge in [-0.3, -0.25) is 4.79 Å². The quantitative estimate of drug-likeness (QED) is 0.386. The fourth-order valence-corrected chi connectivity index (χ4v) is 2.77. The standard InChI is InChI=1S/C22H19Cl2N3O2/c23-18-9-11-19(12-10-18)25-14-22(28)27-26-13-16-5-2-4-8-21(16)29-15-17-6-1-3-7-20(17)24/h1-13,25H,14-15H2,(H,27,28)/b26-13-. The van der Waals surface area contributed by atoms with Crippen LogP contribution in [0.15, 0.2) is 77.9 Å². The highest BCUT2D eigenvalue weighted by Gasteiger charge is 2.04. The van der Waals surface area contributed by atoms with E-state index < -0.39 is 0 Å². The Morgan fingerprint density at radius 1 is 0.966 bits per heavy atom. The third kappa shape index (κ3) is 6.52. The van der Waals surface area contributed by atoms with E-state index in [2.05, 4.69) is 15.8 Å². The molecule has 0 aromatic heterocycles. The molecule has 3 aromatic rings. The largest absolute Gasteiger partial charge is 0.488 e. The molecule has 29 heavy (non-hydrogen) atoms. The molecule has 0 aliphatic carbocycles. The smallest absolute Gasteiger partial charge is 0.259 e. The summed E-state index contributed by atoms with van der Waals surface area (Å²) in [5.41, 5.74) is 4.92. The Morgan fingerprint density at radius 2 is 1.69 bits per heavy atom. The second-order valence-electron chi connectivity index (χ2n) is 6.07. The zero-order valence-corrected chi connectivity index (χ0v) is 17.0. The molecular weight excluding hydrogens is 409 g/mol. The monoisotopic (exact) mass is 427 g/mol. The molecule has 0 aliphatic rings.